The summed E-state index contributed by atoms with van der Waals surface area (Å²) in [5.74, 6) is 0.277. The van der Waals surface area contributed by atoms with Gasteiger partial charge in [-0.3, -0.25) is 4.68 Å². The average molecular weight is 443 g/mol. The first-order chi connectivity index (χ1) is 14.7. The first kappa shape index (κ1) is 21.4. The van der Waals surface area contributed by atoms with Gasteiger partial charge in [0.25, 0.3) is 0 Å². The Labute approximate surface area is 181 Å². The van der Waals surface area contributed by atoms with Crippen LogP contribution >= 0.6 is 0 Å². The van der Waals surface area contributed by atoms with Crippen LogP contribution in [-0.2, 0) is 17.1 Å². The van der Waals surface area contributed by atoms with Crippen molar-refractivity contribution in [1.82, 2.24) is 24.5 Å². The number of sulfonamides is 1. The van der Waals surface area contributed by atoms with Gasteiger partial charge in [0, 0.05) is 30.4 Å². The molecule has 0 atom stereocenters. The van der Waals surface area contributed by atoms with E-state index in [-0.39, 0.29) is 22.9 Å². The van der Waals surface area contributed by atoms with E-state index in [1.165, 1.54) is 0 Å². The molecule has 0 radical (unpaired) electrons. The Kier molecular flexibility index (Phi) is 5.78. The van der Waals surface area contributed by atoms with Gasteiger partial charge in [-0.15, -0.1) is 0 Å². The number of nitrogen functional groups attached to an aromatic ring is 1. The number of hydrogen-bond acceptors (Lipinski definition) is 7. The second kappa shape index (κ2) is 8.37. The standard InChI is InChI=1S/C21H26N6O3S/c1-13-3-8-17(31(29,30)26-15-4-6-16(28)7-5-15)9-18(13)19-11-23-21(22)20(25-19)14-10-24-27(2)12-14/h3,8-12,15-16,26,28H,4-7H2,1-2H3,(H2,22,23)/t15-,16+. The molecule has 4 N–H and O–H groups in total. The zero-order chi connectivity index (χ0) is 22.2. The van der Waals surface area contributed by atoms with Gasteiger partial charge >= 0.3 is 0 Å². The molecule has 1 saturated carbocycles. The number of hydrogen-bond donors (Lipinski definition) is 3. The Morgan fingerprint density at radius 3 is 2.61 bits per heavy atom. The van der Waals surface area contributed by atoms with Gasteiger partial charge in [-0.2, -0.15) is 5.10 Å². The van der Waals surface area contributed by atoms with E-state index in [9.17, 15) is 13.5 Å². The summed E-state index contributed by atoms with van der Waals surface area (Å²) >= 11 is 0. The summed E-state index contributed by atoms with van der Waals surface area (Å²) in [5.41, 5.74) is 9.32. The van der Waals surface area contributed by atoms with E-state index in [2.05, 4.69) is 19.8 Å². The largest absolute Gasteiger partial charge is 0.393 e. The molecular weight excluding hydrogens is 416 g/mol. The van der Waals surface area contributed by atoms with Crippen molar-refractivity contribution in [2.24, 2.45) is 7.05 Å². The predicted octanol–water partition coefficient (Wildman–Crippen LogP) is 2.02. The van der Waals surface area contributed by atoms with Crippen LogP contribution in [0.1, 0.15) is 31.2 Å². The Hall–Kier alpha value is -2.82. The summed E-state index contributed by atoms with van der Waals surface area (Å²) in [4.78, 5) is 9.08. The third-order valence-electron chi connectivity index (χ3n) is 5.59. The maximum Gasteiger partial charge on any atom is 0.240 e. The maximum atomic E-state index is 13.0. The van der Waals surface area contributed by atoms with Crippen LogP contribution in [0.25, 0.3) is 22.5 Å². The van der Waals surface area contributed by atoms with Gasteiger partial charge in [-0.1, -0.05) is 6.07 Å². The van der Waals surface area contributed by atoms with Crippen LogP contribution in [0.5, 0.6) is 0 Å². The Morgan fingerprint density at radius 2 is 1.94 bits per heavy atom. The van der Waals surface area contributed by atoms with Gasteiger partial charge in [-0.25, -0.2) is 23.1 Å². The van der Waals surface area contributed by atoms with Crippen LogP contribution in [0.2, 0.25) is 0 Å². The van der Waals surface area contributed by atoms with Crippen molar-refractivity contribution >= 4 is 15.8 Å². The highest BCUT2D eigenvalue weighted by atomic mass is 32.2. The zero-order valence-corrected chi connectivity index (χ0v) is 18.3. The molecule has 1 aliphatic carbocycles. The van der Waals surface area contributed by atoms with E-state index in [1.807, 2.05) is 6.92 Å². The average Bonchev–Trinajstić information content (AvgIpc) is 3.16. The lowest BCUT2D eigenvalue weighted by Gasteiger charge is -2.26. The normalized spacial score (nSPS) is 19.5. The zero-order valence-electron chi connectivity index (χ0n) is 17.5. The molecule has 10 heteroatoms. The van der Waals surface area contributed by atoms with Crippen molar-refractivity contribution < 1.29 is 13.5 Å². The van der Waals surface area contributed by atoms with Crippen LogP contribution in [0.4, 0.5) is 5.82 Å². The molecule has 4 rings (SSSR count). The summed E-state index contributed by atoms with van der Waals surface area (Å²) in [6, 6.07) is 4.79. The molecule has 164 valence electrons. The number of aliphatic hydroxyl groups excluding tert-OH is 1. The minimum atomic E-state index is -3.71. The van der Waals surface area contributed by atoms with Gasteiger partial charge in [0.05, 0.1) is 29.1 Å². The van der Waals surface area contributed by atoms with Gasteiger partial charge in [0.2, 0.25) is 10.0 Å². The van der Waals surface area contributed by atoms with E-state index < -0.39 is 10.0 Å². The van der Waals surface area contributed by atoms with Crippen molar-refractivity contribution in [3.63, 3.8) is 0 Å². The smallest absolute Gasteiger partial charge is 0.240 e. The second-order valence-electron chi connectivity index (χ2n) is 8.00. The van der Waals surface area contributed by atoms with Crippen molar-refractivity contribution in [3.8, 4) is 22.5 Å². The number of anilines is 1. The molecular formula is C21H26N6O3S. The highest BCUT2D eigenvalue weighted by Crippen LogP contribution is 2.29. The molecule has 0 saturated heterocycles. The summed E-state index contributed by atoms with van der Waals surface area (Å²) in [6.07, 6.45) is 7.10. The molecule has 1 aliphatic rings. The van der Waals surface area contributed by atoms with Gasteiger partial charge in [0.15, 0.2) is 0 Å². The van der Waals surface area contributed by atoms with E-state index in [4.69, 9.17) is 5.73 Å². The molecule has 1 aromatic carbocycles. The van der Waals surface area contributed by atoms with Crippen molar-refractivity contribution in [2.45, 2.75) is 49.6 Å². The SMILES string of the molecule is Cc1ccc(S(=O)(=O)N[C@H]2CC[C@@H](O)CC2)cc1-c1cnc(N)c(-c2cnn(C)c2)n1. The van der Waals surface area contributed by atoms with E-state index in [0.29, 0.717) is 42.6 Å². The minimum absolute atomic E-state index is 0.167. The van der Waals surface area contributed by atoms with Crippen molar-refractivity contribution in [1.29, 1.82) is 0 Å². The number of benzene rings is 1. The number of nitrogens with zero attached hydrogens (tertiary/aromatic N) is 4. The lowest BCUT2D eigenvalue weighted by atomic mass is 9.94. The fourth-order valence-electron chi connectivity index (χ4n) is 3.81. The molecule has 31 heavy (non-hydrogen) atoms. The number of aliphatic hydroxyl groups is 1. The maximum absolute atomic E-state index is 13.0. The first-order valence-corrected chi connectivity index (χ1v) is 11.6. The predicted molar refractivity (Wildman–Crippen MR) is 117 cm³/mol. The van der Waals surface area contributed by atoms with Crippen LogP contribution in [0.15, 0.2) is 41.7 Å². The van der Waals surface area contributed by atoms with Crippen LogP contribution in [-0.4, -0.2) is 45.4 Å². The first-order valence-electron chi connectivity index (χ1n) is 10.2. The molecule has 0 amide bonds. The Bertz CT molecular complexity index is 1200. The molecule has 0 unspecified atom stereocenters. The molecule has 0 aliphatic heterocycles. The molecule has 2 aromatic heterocycles. The topological polar surface area (TPSA) is 136 Å². The quantitative estimate of drug-likeness (QED) is 0.550. The van der Waals surface area contributed by atoms with Crippen LogP contribution in [0, 0.1) is 6.92 Å². The van der Waals surface area contributed by atoms with Crippen LogP contribution in [0.3, 0.4) is 0 Å². The lowest BCUT2D eigenvalue weighted by molar-refractivity contribution is 0.120. The fraction of sp³-hybridized carbons (Fsp3) is 0.381. The molecule has 9 nitrogen and oxygen atoms in total. The molecule has 0 spiro atoms. The molecule has 2 heterocycles. The summed E-state index contributed by atoms with van der Waals surface area (Å²) in [7, 11) is -1.91. The number of aryl methyl sites for hydroxylation is 2. The summed E-state index contributed by atoms with van der Waals surface area (Å²) in [6.45, 7) is 1.89. The second-order valence-corrected chi connectivity index (χ2v) is 9.71. The van der Waals surface area contributed by atoms with Crippen LogP contribution < -0.4 is 10.5 Å². The summed E-state index contributed by atoms with van der Waals surface area (Å²) in [5, 5.41) is 13.8. The lowest BCUT2D eigenvalue weighted by Crippen LogP contribution is -2.38. The van der Waals surface area contributed by atoms with E-state index in [1.54, 1.807) is 48.5 Å². The number of aromatic nitrogens is 4. The van der Waals surface area contributed by atoms with E-state index in [0.717, 1.165) is 11.1 Å². The highest BCUT2D eigenvalue weighted by molar-refractivity contribution is 7.89. The fourth-order valence-corrected chi connectivity index (χ4v) is 5.14. The number of rotatable bonds is 5. The number of nitrogens with two attached hydrogens (primary N) is 1. The minimum Gasteiger partial charge on any atom is -0.393 e. The van der Waals surface area contributed by atoms with Crippen molar-refractivity contribution in [3.05, 3.63) is 42.4 Å². The van der Waals surface area contributed by atoms with Crippen molar-refractivity contribution in [2.75, 3.05) is 5.73 Å². The van der Waals surface area contributed by atoms with Gasteiger partial charge in [-0.05, 0) is 50.3 Å². The third-order valence-corrected chi connectivity index (χ3v) is 7.11. The van der Waals surface area contributed by atoms with Gasteiger partial charge in [0.1, 0.15) is 11.5 Å². The summed E-state index contributed by atoms with van der Waals surface area (Å²) < 4.78 is 30.4. The molecule has 3 aromatic rings. The monoisotopic (exact) mass is 442 g/mol. The number of nitrogens with one attached hydrogen (secondary N) is 1. The third kappa shape index (κ3) is 4.60. The highest BCUT2D eigenvalue weighted by Gasteiger charge is 2.25. The molecule has 0 bridgehead atoms. The van der Waals surface area contributed by atoms with Gasteiger partial charge < -0.3 is 10.8 Å². The van der Waals surface area contributed by atoms with E-state index >= 15 is 0 Å². The Morgan fingerprint density at radius 1 is 1.19 bits per heavy atom. The Balaban J connectivity index is 1.67. The molecule has 1 fully saturated rings.